The van der Waals surface area contributed by atoms with Gasteiger partial charge in [0.2, 0.25) is 5.91 Å². The van der Waals surface area contributed by atoms with Crippen LogP contribution >= 0.6 is 11.8 Å². The van der Waals surface area contributed by atoms with Gasteiger partial charge in [-0.05, 0) is 31.9 Å². The average Bonchev–Trinajstić information content (AvgIpc) is 3.14. The van der Waals surface area contributed by atoms with Crippen molar-refractivity contribution in [3.8, 4) is 0 Å². The highest BCUT2D eigenvalue weighted by atomic mass is 32.2. The molecule has 1 amide bonds. The first kappa shape index (κ1) is 15.3. The van der Waals surface area contributed by atoms with Gasteiger partial charge >= 0.3 is 5.97 Å². The Labute approximate surface area is 113 Å². The van der Waals surface area contributed by atoms with Crippen LogP contribution in [0.25, 0.3) is 0 Å². The minimum absolute atomic E-state index is 0.0831. The van der Waals surface area contributed by atoms with Gasteiger partial charge in [0.05, 0.1) is 5.41 Å². The number of carboxylic acid groups (broad SMARTS) is 1. The highest BCUT2D eigenvalue weighted by Gasteiger charge is 2.43. The number of aliphatic carboxylic acids is 1. The molecule has 0 radical (unpaired) electrons. The highest BCUT2D eigenvalue weighted by Crippen LogP contribution is 2.46. The summed E-state index contributed by atoms with van der Waals surface area (Å²) in [4.78, 5) is 23.2. The topological polar surface area (TPSA) is 66.4 Å². The second-order valence-electron chi connectivity index (χ2n) is 5.13. The molecule has 1 fully saturated rings. The first-order chi connectivity index (χ1) is 8.43. The van der Waals surface area contributed by atoms with Crippen LogP contribution in [0.15, 0.2) is 0 Å². The lowest BCUT2D eigenvalue weighted by molar-refractivity contribution is -0.152. The molecule has 0 aromatic carbocycles. The number of rotatable bonds is 8. The Bertz CT molecular complexity index is 322. The lowest BCUT2D eigenvalue weighted by Crippen LogP contribution is -2.39. The predicted octanol–water partition coefficient (Wildman–Crippen LogP) is 2.28. The maximum Gasteiger partial charge on any atom is 0.310 e. The van der Waals surface area contributed by atoms with E-state index in [0.29, 0.717) is 19.4 Å². The minimum Gasteiger partial charge on any atom is -0.481 e. The normalized spacial score (nSPS) is 17.3. The van der Waals surface area contributed by atoms with Crippen molar-refractivity contribution < 1.29 is 14.7 Å². The molecule has 18 heavy (non-hydrogen) atoms. The van der Waals surface area contributed by atoms with Crippen molar-refractivity contribution in [2.24, 2.45) is 5.41 Å². The molecule has 0 aliphatic heterocycles. The van der Waals surface area contributed by atoms with Crippen molar-refractivity contribution in [2.75, 3.05) is 12.8 Å². The standard InChI is InChI=1S/C13H23NO3S/c1-4-12(5-2,11(16)17)8-10(15)14-9-13(18-3)6-7-13/h4-9H2,1-3H3,(H,14,15)(H,16,17). The van der Waals surface area contributed by atoms with Crippen molar-refractivity contribution in [3.63, 3.8) is 0 Å². The number of hydrogen-bond acceptors (Lipinski definition) is 3. The van der Waals surface area contributed by atoms with Crippen molar-refractivity contribution in [2.45, 2.75) is 50.7 Å². The van der Waals surface area contributed by atoms with Gasteiger partial charge in [-0.3, -0.25) is 9.59 Å². The van der Waals surface area contributed by atoms with E-state index < -0.39 is 11.4 Å². The van der Waals surface area contributed by atoms with E-state index in [0.717, 1.165) is 12.8 Å². The smallest absolute Gasteiger partial charge is 0.310 e. The highest BCUT2D eigenvalue weighted by molar-refractivity contribution is 8.00. The van der Waals surface area contributed by atoms with Gasteiger partial charge in [0, 0.05) is 17.7 Å². The molecule has 1 aliphatic rings. The fourth-order valence-corrected chi connectivity index (χ4v) is 2.83. The number of carbonyl (C=O) groups is 2. The Hall–Kier alpha value is -0.710. The van der Waals surface area contributed by atoms with E-state index in [4.69, 9.17) is 0 Å². The third-order valence-corrected chi connectivity index (χ3v) is 5.57. The number of thioether (sulfide) groups is 1. The van der Waals surface area contributed by atoms with Gasteiger partial charge in [0.25, 0.3) is 0 Å². The molecule has 0 atom stereocenters. The minimum atomic E-state index is -0.903. The van der Waals surface area contributed by atoms with Gasteiger partial charge in [-0.1, -0.05) is 13.8 Å². The van der Waals surface area contributed by atoms with Crippen molar-refractivity contribution >= 4 is 23.6 Å². The van der Waals surface area contributed by atoms with E-state index in [1.54, 1.807) is 11.8 Å². The van der Waals surface area contributed by atoms with E-state index in [9.17, 15) is 14.7 Å². The number of carbonyl (C=O) groups excluding carboxylic acids is 1. The van der Waals surface area contributed by atoms with Gasteiger partial charge in [0.15, 0.2) is 0 Å². The lowest BCUT2D eigenvalue weighted by atomic mass is 9.79. The largest absolute Gasteiger partial charge is 0.481 e. The summed E-state index contributed by atoms with van der Waals surface area (Å²) in [5.41, 5.74) is -0.903. The molecule has 5 heteroatoms. The van der Waals surface area contributed by atoms with Crippen LogP contribution in [0.1, 0.15) is 46.0 Å². The average molecular weight is 273 g/mol. The first-order valence-corrected chi connectivity index (χ1v) is 7.71. The first-order valence-electron chi connectivity index (χ1n) is 6.49. The molecule has 2 N–H and O–H groups in total. The number of carboxylic acids is 1. The van der Waals surface area contributed by atoms with E-state index in [-0.39, 0.29) is 17.1 Å². The third-order valence-electron chi connectivity index (χ3n) is 4.15. The maximum atomic E-state index is 11.9. The van der Waals surface area contributed by atoms with Crippen LogP contribution in [-0.4, -0.2) is 34.5 Å². The van der Waals surface area contributed by atoms with Gasteiger partial charge in [0.1, 0.15) is 0 Å². The monoisotopic (exact) mass is 273 g/mol. The van der Waals surface area contributed by atoms with E-state index in [2.05, 4.69) is 11.6 Å². The Morgan fingerprint density at radius 1 is 1.33 bits per heavy atom. The molecular formula is C13H23NO3S. The summed E-state index contributed by atoms with van der Waals surface area (Å²) in [6, 6.07) is 0. The molecule has 0 aromatic heterocycles. The van der Waals surface area contributed by atoms with Gasteiger partial charge in [-0.15, -0.1) is 0 Å². The van der Waals surface area contributed by atoms with Crippen LogP contribution in [0.3, 0.4) is 0 Å². The number of amides is 1. The van der Waals surface area contributed by atoms with E-state index >= 15 is 0 Å². The molecule has 0 unspecified atom stereocenters. The summed E-state index contributed by atoms with van der Waals surface area (Å²) in [7, 11) is 0. The van der Waals surface area contributed by atoms with Crippen molar-refractivity contribution in [1.82, 2.24) is 5.32 Å². The third kappa shape index (κ3) is 3.40. The van der Waals surface area contributed by atoms with Crippen molar-refractivity contribution in [3.05, 3.63) is 0 Å². The molecule has 1 aliphatic carbocycles. The predicted molar refractivity (Wildman–Crippen MR) is 73.8 cm³/mol. The van der Waals surface area contributed by atoms with Crippen LogP contribution in [0, 0.1) is 5.41 Å². The Morgan fingerprint density at radius 3 is 2.22 bits per heavy atom. The maximum absolute atomic E-state index is 11.9. The zero-order valence-corrected chi connectivity index (χ0v) is 12.2. The summed E-state index contributed by atoms with van der Waals surface area (Å²) < 4.78 is 0.222. The molecule has 1 rings (SSSR count). The summed E-state index contributed by atoms with van der Waals surface area (Å²) in [6.07, 6.45) is 5.39. The van der Waals surface area contributed by atoms with Crippen LogP contribution in [0.4, 0.5) is 0 Å². The van der Waals surface area contributed by atoms with Crippen molar-refractivity contribution in [1.29, 1.82) is 0 Å². The van der Waals surface area contributed by atoms with E-state index in [1.807, 2.05) is 13.8 Å². The molecule has 104 valence electrons. The van der Waals surface area contributed by atoms with Crippen LogP contribution < -0.4 is 5.32 Å². The molecule has 1 saturated carbocycles. The SMILES string of the molecule is CCC(CC)(CC(=O)NCC1(SC)CC1)C(=O)O. The molecular weight excluding hydrogens is 250 g/mol. The van der Waals surface area contributed by atoms with Crippen LogP contribution in [0.2, 0.25) is 0 Å². The Morgan fingerprint density at radius 2 is 1.89 bits per heavy atom. The molecule has 0 bridgehead atoms. The number of nitrogens with one attached hydrogen (secondary N) is 1. The second kappa shape index (κ2) is 5.95. The summed E-state index contributed by atoms with van der Waals surface area (Å²) in [6.45, 7) is 4.32. The summed E-state index contributed by atoms with van der Waals surface area (Å²) in [5.74, 6) is -1.00. The molecule has 4 nitrogen and oxygen atoms in total. The fourth-order valence-electron chi connectivity index (χ4n) is 2.10. The quantitative estimate of drug-likeness (QED) is 0.712. The van der Waals surface area contributed by atoms with Crippen LogP contribution in [0.5, 0.6) is 0 Å². The molecule has 0 spiro atoms. The van der Waals surface area contributed by atoms with Crippen LogP contribution in [-0.2, 0) is 9.59 Å². The molecule has 0 heterocycles. The lowest BCUT2D eigenvalue weighted by Gasteiger charge is -2.26. The van der Waals surface area contributed by atoms with Gasteiger partial charge in [-0.2, -0.15) is 11.8 Å². The zero-order chi connectivity index (χ0) is 13.8. The summed E-state index contributed by atoms with van der Waals surface area (Å²) >= 11 is 1.78. The van der Waals surface area contributed by atoms with E-state index in [1.165, 1.54) is 0 Å². The molecule has 0 aromatic rings. The van der Waals surface area contributed by atoms with Gasteiger partial charge in [-0.25, -0.2) is 0 Å². The fraction of sp³-hybridized carbons (Fsp3) is 0.846. The zero-order valence-electron chi connectivity index (χ0n) is 11.4. The number of hydrogen-bond donors (Lipinski definition) is 2. The summed E-state index contributed by atoms with van der Waals surface area (Å²) in [5, 5.41) is 12.2. The Balaban J connectivity index is 2.49. The second-order valence-corrected chi connectivity index (χ2v) is 6.41. The van der Waals surface area contributed by atoms with Gasteiger partial charge < -0.3 is 10.4 Å². The Kier molecular flexibility index (Phi) is 5.08. The molecule has 0 saturated heterocycles.